The van der Waals surface area contributed by atoms with Crippen molar-refractivity contribution in [1.29, 1.82) is 0 Å². The zero-order valence-corrected chi connectivity index (χ0v) is 6.75. The van der Waals surface area contributed by atoms with Gasteiger partial charge in [-0.25, -0.2) is 0 Å². The van der Waals surface area contributed by atoms with E-state index in [4.69, 9.17) is 5.11 Å². The molecule has 0 aromatic heterocycles. The maximum Gasteiger partial charge on any atom is 0.308 e. The van der Waals surface area contributed by atoms with Gasteiger partial charge < -0.3 is 9.84 Å². The van der Waals surface area contributed by atoms with Crippen LogP contribution in [0.15, 0.2) is 0 Å². The summed E-state index contributed by atoms with van der Waals surface area (Å²) in [7, 11) is 1.41. The van der Waals surface area contributed by atoms with E-state index in [1.807, 2.05) is 0 Å². The maximum absolute atomic E-state index is 11.0. The first kappa shape index (κ1) is 8.53. The van der Waals surface area contributed by atoms with Crippen LogP contribution in [0.2, 0.25) is 0 Å². The van der Waals surface area contributed by atoms with Gasteiger partial charge in [0.2, 0.25) is 0 Å². The molecule has 0 spiro atoms. The van der Waals surface area contributed by atoms with Crippen molar-refractivity contribution in [3.05, 3.63) is 0 Å². The number of ether oxygens (including phenoxy) is 1. The fourth-order valence-electron chi connectivity index (χ4n) is 1.62. The average molecular weight is 158 g/mol. The van der Waals surface area contributed by atoms with Gasteiger partial charge in [0.05, 0.1) is 13.0 Å². The number of hydrogen-bond donors (Lipinski definition) is 1. The van der Waals surface area contributed by atoms with Gasteiger partial charge in [0.1, 0.15) is 0 Å². The van der Waals surface area contributed by atoms with Crippen LogP contribution in [0.25, 0.3) is 0 Å². The molecule has 0 aliphatic heterocycles. The summed E-state index contributed by atoms with van der Waals surface area (Å²) < 4.78 is 4.61. The summed E-state index contributed by atoms with van der Waals surface area (Å²) in [5, 5.41) is 8.79. The minimum atomic E-state index is -0.124. The Bertz CT molecular complexity index is 144. The first-order valence-corrected chi connectivity index (χ1v) is 3.96. The molecule has 0 bridgehead atoms. The van der Waals surface area contributed by atoms with Crippen LogP contribution in [-0.4, -0.2) is 24.8 Å². The second kappa shape index (κ2) is 3.72. The Hall–Kier alpha value is -0.570. The Morgan fingerprint density at radius 2 is 2.36 bits per heavy atom. The number of methoxy groups -OCH3 is 1. The third-order valence-electron chi connectivity index (χ3n) is 2.33. The Labute approximate surface area is 66.4 Å². The van der Waals surface area contributed by atoms with Gasteiger partial charge in [-0.1, -0.05) is 0 Å². The smallest absolute Gasteiger partial charge is 0.308 e. The number of rotatable bonds is 2. The second-order valence-electron chi connectivity index (χ2n) is 3.08. The molecule has 1 aliphatic carbocycles. The number of aliphatic hydroxyl groups is 1. The van der Waals surface area contributed by atoms with E-state index in [2.05, 4.69) is 4.74 Å². The lowest BCUT2D eigenvalue weighted by molar-refractivity contribution is -0.145. The van der Waals surface area contributed by atoms with Gasteiger partial charge in [-0.05, 0) is 25.2 Å². The van der Waals surface area contributed by atoms with Gasteiger partial charge in [-0.3, -0.25) is 4.79 Å². The van der Waals surface area contributed by atoms with Gasteiger partial charge in [0.25, 0.3) is 0 Å². The standard InChI is InChI=1S/C8H14O3/c1-11-8(10)7-3-2-6(4-7)5-9/h6-7,9H,2-5H2,1H3. The molecule has 1 saturated carbocycles. The van der Waals surface area contributed by atoms with E-state index in [9.17, 15) is 4.79 Å². The predicted octanol–water partition coefficient (Wildman–Crippen LogP) is 0.568. The second-order valence-corrected chi connectivity index (χ2v) is 3.08. The molecule has 3 nitrogen and oxygen atoms in total. The fourth-order valence-corrected chi connectivity index (χ4v) is 1.62. The molecule has 3 heteroatoms. The highest BCUT2D eigenvalue weighted by Gasteiger charge is 2.29. The van der Waals surface area contributed by atoms with Gasteiger partial charge >= 0.3 is 5.97 Å². The molecular weight excluding hydrogens is 144 g/mol. The quantitative estimate of drug-likeness (QED) is 0.597. The minimum Gasteiger partial charge on any atom is -0.469 e. The number of esters is 1. The summed E-state index contributed by atoms with van der Waals surface area (Å²) in [5.41, 5.74) is 0. The fraction of sp³-hybridized carbons (Fsp3) is 0.875. The van der Waals surface area contributed by atoms with Crippen LogP contribution >= 0.6 is 0 Å². The van der Waals surface area contributed by atoms with Gasteiger partial charge in [-0.15, -0.1) is 0 Å². The molecular formula is C8H14O3. The van der Waals surface area contributed by atoms with E-state index in [1.54, 1.807) is 0 Å². The molecule has 1 fully saturated rings. The molecule has 0 radical (unpaired) electrons. The molecule has 0 heterocycles. The molecule has 2 unspecified atom stereocenters. The Balaban J connectivity index is 2.35. The predicted molar refractivity (Wildman–Crippen MR) is 39.9 cm³/mol. The largest absolute Gasteiger partial charge is 0.469 e. The molecule has 1 N–H and O–H groups in total. The molecule has 1 aliphatic rings. The van der Waals surface area contributed by atoms with Crippen LogP contribution in [-0.2, 0) is 9.53 Å². The summed E-state index contributed by atoms with van der Waals surface area (Å²) >= 11 is 0. The topological polar surface area (TPSA) is 46.5 Å². The van der Waals surface area contributed by atoms with Crippen LogP contribution in [0, 0.1) is 11.8 Å². The lowest BCUT2D eigenvalue weighted by atomic mass is 10.1. The SMILES string of the molecule is COC(=O)C1CCC(CO)C1. The zero-order chi connectivity index (χ0) is 8.27. The molecule has 0 saturated heterocycles. The van der Waals surface area contributed by atoms with Crippen LogP contribution in [0.5, 0.6) is 0 Å². The van der Waals surface area contributed by atoms with Crippen LogP contribution in [0.4, 0.5) is 0 Å². The third kappa shape index (κ3) is 1.93. The summed E-state index contributed by atoms with van der Waals surface area (Å²) in [4.78, 5) is 11.0. The highest BCUT2D eigenvalue weighted by atomic mass is 16.5. The first-order chi connectivity index (χ1) is 5.27. The van der Waals surface area contributed by atoms with Crippen molar-refractivity contribution in [2.75, 3.05) is 13.7 Å². The van der Waals surface area contributed by atoms with Crippen LogP contribution in [0.1, 0.15) is 19.3 Å². The Morgan fingerprint density at radius 3 is 2.82 bits per heavy atom. The van der Waals surface area contributed by atoms with Crippen molar-refractivity contribution < 1.29 is 14.6 Å². The van der Waals surface area contributed by atoms with Crippen LogP contribution < -0.4 is 0 Å². The van der Waals surface area contributed by atoms with E-state index < -0.39 is 0 Å². The Kier molecular flexibility index (Phi) is 2.88. The molecule has 11 heavy (non-hydrogen) atoms. The Morgan fingerprint density at radius 1 is 1.64 bits per heavy atom. The molecule has 0 amide bonds. The molecule has 64 valence electrons. The van der Waals surface area contributed by atoms with Crippen molar-refractivity contribution in [1.82, 2.24) is 0 Å². The number of hydrogen-bond acceptors (Lipinski definition) is 3. The molecule has 0 aromatic carbocycles. The van der Waals surface area contributed by atoms with Gasteiger partial charge in [0, 0.05) is 6.61 Å². The van der Waals surface area contributed by atoms with Crippen LogP contribution in [0.3, 0.4) is 0 Å². The van der Waals surface area contributed by atoms with Gasteiger partial charge in [-0.2, -0.15) is 0 Å². The lowest BCUT2D eigenvalue weighted by Gasteiger charge is -2.06. The summed E-state index contributed by atoms with van der Waals surface area (Å²) in [6.07, 6.45) is 2.62. The monoisotopic (exact) mass is 158 g/mol. The summed E-state index contributed by atoms with van der Waals surface area (Å²) in [5.74, 6) is 0.234. The normalized spacial score (nSPS) is 30.4. The number of carbonyl (C=O) groups excluding carboxylic acids is 1. The van der Waals surface area contributed by atoms with E-state index in [-0.39, 0.29) is 18.5 Å². The third-order valence-corrected chi connectivity index (χ3v) is 2.33. The number of aliphatic hydroxyl groups excluding tert-OH is 1. The minimum absolute atomic E-state index is 0.0390. The van der Waals surface area contributed by atoms with Crippen molar-refractivity contribution in [2.24, 2.45) is 11.8 Å². The lowest BCUT2D eigenvalue weighted by Crippen LogP contribution is -2.13. The van der Waals surface area contributed by atoms with Crippen molar-refractivity contribution in [3.8, 4) is 0 Å². The van der Waals surface area contributed by atoms with Crippen molar-refractivity contribution in [2.45, 2.75) is 19.3 Å². The zero-order valence-electron chi connectivity index (χ0n) is 6.75. The maximum atomic E-state index is 11.0. The highest BCUT2D eigenvalue weighted by Crippen LogP contribution is 2.30. The number of carbonyl (C=O) groups is 1. The molecule has 1 rings (SSSR count). The summed E-state index contributed by atoms with van der Waals surface area (Å²) in [6, 6.07) is 0. The van der Waals surface area contributed by atoms with E-state index in [0.717, 1.165) is 19.3 Å². The molecule has 2 atom stereocenters. The van der Waals surface area contributed by atoms with E-state index >= 15 is 0 Å². The molecule has 0 aromatic rings. The first-order valence-electron chi connectivity index (χ1n) is 3.96. The van der Waals surface area contributed by atoms with Crippen molar-refractivity contribution >= 4 is 5.97 Å². The highest BCUT2D eigenvalue weighted by molar-refractivity contribution is 5.72. The van der Waals surface area contributed by atoms with Crippen molar-refractivity contribution in [3.63, 3.8) is 0 Å². The summed E-state index contributed by atoms with van der Waals surface area (Å²) in [6.45, 7) is 0.202. The average Bonchev–Trinajstić information content (AvgIpc) is 2.50. The van der Waals surface area contributed by atoms with Gasteiger partial charge in [0.15, 0.2) is 0 Å². The van der Waals surface area contributed by atoms with E-state index in [0.29, 0.717) is 5.92 Å². The van der Waals surface area contributed by atoms with E-state index in [1.165, 1.54) is 7.11 Å².